The summed E-state index contributed by atoms with van der Waals surface area (Å²) in [5, 5.41) is 7.59. The molecule has 1 heterocycles. The van der Waals surface area contributed by atoms with Crippen LogP contribution in [0.2, 0.25) is 0 Å². The summed E-state index contributed by atoms with van der Waals surface area (Å²) in [6, 6.07) is 42.6. The van der Waals surface area contributed by atoms with Crippen molar-refractivity contribution >= 4 is 39.8 Å². The van der Waals surface area contributed by atoms with Crippen LogP contribution in [0.5, 0.6) is 0 Å². The molecule has 3 aliphatic carbocycles. The first-order valence-corrected chi connectivity index (χ1v) is 19.1. The van der Waals surface area contributed by atoms with E-state index >= 15 is 0 Å². The highest BCUT2D eigenvalue weighted by atomic mass is 16.3. The van der Waals surface area contributed by atoms with Crippen molar-refractivity contribution in [3.05, 3.63) is 184 Å². The summed E-state index contributed by atoms with van der Waals surface area (Å²) < 4.78 is 6.73. The summed E-state index contributed by atoms with van der Waals surface area (Å²) in [4.78, 5) is 2.48. The zero-order valence-corrected chi connectivity index (χ0v) is 31.1. The number of hydrogen-bond acceptors (Lipinski definition) is 3. The Morgan fingerprint density at radius 3 is 2.38 bits per heavy atom. The maximum absolute atomic E-state index is 6.73. The fourth-order valence-electron chi connectivity index (χ4n) is 8.28. The number of hydrogen-bond donors (Lipinski definition) is 1. The number of nitrogens with zero attached hydrogens (tertiary/aromatic N) is 1. The number of benzene rings is 5. The predicted molar refractivity (Wildman–Crippen MR) is 222 cm³/mol. The molecule has 5 aromatic carbocycles. The molecule has 0 radical (unpaired) electrons. The molecule has 0 amide bonds. The third kappa shape index (κ3) is 6.04. The van der Waals surface area contributed by atoms with E-state index in [9.17, 15) is 0 Å². The summed E-state index contributed by atoms with van der Waals surface area (Å²) in [5.41, 5.74) is 14.2. The fourth-order valence-corrected chi connectivity index (χ4v) is 8.28. The Bertz CT molecular complexity index is 2590. The molecule has 3 nitrogen and oxygen atoms in total. The van der Waals surface area contributed by atoms with E-state index in [1.54, 1.807) is 0 Å². The van der Waals surface area contributed by atoms with E-state index in [4.69, 9.17) is 4.42 Å². The molecule has 6 aromatic rings. The van der Waals surface area contributed by atoms with Gasteiger partial charge in [-0.2, -0.15) is 0 Å². The molecule has 1 aromatic heterocycles. The fraction of sp³-hybridized carbons (Fsp3) is 0.200. The molecule has 1 atom stereocenters. The lowest BCUT2D eigenvalue weighted by molar-refractivity contribution is 0.504. The topological polar surface area (TPSA) is 28.4 Å². The van der Waals surface area contributed by atoms with Gasteiger partial charge in [0, 0.05) is 67.6 Å². The van der Waals surface area contributed by atoms with Gasteiger partial charge in [0.15, 0.2) is 0 Å². The van der Waals surface area contributed by atoms with E-state index in [2.05, 4.69) is 184 Å². The highest BCUT2D eigenvalue weighted by Crippen LogP contribution is 2.43. The van der Waals surface area contributed by atoms with Gasteiger partial charge in [0.1, 0.15) is 11.3 Å². The van der Waals surface area contributed by atoms with Crippen molar-refractivity contribution in [1.82, 2.24) is 5.32 Å². The van der Waals surface area contributed by atoms with Crippen LogP contribution >= 0.6 is 0 Å². The standard InChI is InChI=1S/C50H46N2O/c1-33-16-13-26-43-44-27-15-25-41(49(44)53-48(33)43)34-18-14-23-39(30-34)52(38-21-9-6-10-22-38)47-40-24-12-11-17-35(40)31-46(51-37-19-7-5-8-20-37)42-29-28-36(32-45(42)47)50(2,3)4/h5-7,9-15,17-19,21-30,32-33,51H,8,16,20,31H2,1-4H3. The molecule has 9 rings (SSSR count). The minimum absolute atomic E-state index is 0.0265. The van der Waals surface area contributed by atoms with Crippen molar-refractivity contribution in [2.75, 3.05) is 4.90 Å². The molecule has 0 aliphatic heterocycles. The number of anilines is 2. The van der Waals surface area contributed by atoms with Crippen LogP contribution in [0.3, 0.4) is 0 Å². The molecule has 3 aliphatic rings. The number of furan rings is 1. The average molecular weight is 691 g/mol. The van der Waals surface area contributed by atoms with E-state index in [1.807, 2.05) is 0 Å². The second-order valence-corrected chi connectivity index (χ2v) is 15.8. The molecule has 0 spiro atoms. The van der Waals surface area contributed by atoms with Crippen molar-refractivity contribution in [2.24, 2.45) is 0 Å². The minimum Gasteiger partial charge on any atom is -0.459 e. The van der Waals surface area contributed by atoms with Crippen LogP contribution in [-0.4, -0.2) is 0 Å². The molecule has 0 saturated carbocycles. The summed E-state index contributed by atoms with van der Waals surface area (Å²) in [6.07, 6.45) is 15.1. The van der Waals surface area contributed by atoms with Crippen molar-refractivity contribution in [3.8, 4) is 11.1 Å². The smallest absolute Gasteiger partial charge is 0.142 e. The lowest BCUT2D eigenvalue weighted by Crippen LogP contribution is -2.37. The van der Waals surface area contributed by atoms with Crippen LogP contribution in [-0.2, 0) is 11.8 Å². The molecule has 1 N–H and O–H groups in total. The lowest BCUT2D eigenvalue weighted by Gasteiger charge is -2.30. The first-order valence-electron chi connectivity index (χ1n) is 19.1. The third-order valence-electron chi connectivity index (χ3n) is 11.1. The Morgan fingerprint density at radius 1 is 0.755 bits per heavy atom. The van der Waals surface area contributed by atoms with Crippen LogP contribution < -0.4 is 20.7 Å². The maximum Gasteiger partial charge on any atom is 0.142 e. The van der Waals surface area contributed by atoms with Gasteiger partial charge < -0.3 is 14.6 Å². The monoisotopic (exact) mass is 690 g/mol. The first-order chi connectivity index (χ1) is 25.8. The second-order valence-electron chi connectivity index (χ2n) is 15.8. The van der Waals surface area contributed by atoms with E-state index < -0.39 is 0 Å². The van der Waals surface area contributed by atoms with Gasteiger partial charge in [-0.15, -0.1) is 0 Å². The summed E-state index contributed by atoms with van der Waals surface area (Å²) in [5.74, 6) is 1.46. The third-order valence-corrected chi connectivity index (χ3v) is 11.1. The number of allylic oxidation sites excluding steroid dienone is 5. The number of para-hydroxylation sites is 2. The predicted octanol–water partition coefficient (Wildman–Crippen LogP) is 11.4. The van der Waals surface area contributed by atoms with Gasteiger partial charge in [-0.05, 0) is 77.8 Å². The zero-order chi connectivity index (χ0) is 36.1. The van der Waals surface area contributed by atoms with Crippen LogP contribution in [0.4, 0.5) is 11.4 Å². The van der Waals surface area contributed by atoms with Gasteiger partial charge in [0.05, 0.1) is 5.70 Å². The number of fused-ring (bicyclic) bond motifs is 5. The number of rotatable bonds is 6. The highest BCUT2D eigenvalue weighted by molar-refractivity contribution is 5.99. The molecule has 262 valence electrons. The SMILES string of the molecule is CC1CC=Cc2c1oc1c(-c3cccc(N(C4=c5cc(C(C)(C)C)ccc5=C(NC5=CC=CCC5)Cc5ccccc54)c4ccccc4)c3)cccc21. The van der Waals surface area contributed by atoms with Crippen molar-refractivity contribution < 1.29 is 4.42 Å². The molecular weight excluding hydrogens is 645 g/mol. The molecule has 0 fully saturated rings. The quantitative estimate of drug-likeness (QED) is 0.189. The Kier molecular flexibility index (Phi) is 8.31. The lowest BCUT2D eigenvalue weighted by atomic mass is 9.86. The Hall–Kier alpha value is -5.80. The Labute approximate surface area is 313 Å². The second kappa shape index (κ2) is 13.3. The van der Waals surface area contributed by atoms with Crippen molar-refractivity contribution in [3.63, 3.8) is 0 Å². The summed E-state index contributed by atoms with van der Waals surface area (Å²) in [7, 11) is 0. The van der Waals surface area contributed by atoms with Gasteiger partial charge in [-0.3, -0.25) is 0 Å². The minimum atomic E-state index is -0.0265. The molecule has 3 heteroatoms. The molecular formula is C50H46N2O. The Morgan fingerprint density at radius 2 is 1.55 bits per heavy atom. The normalized spacial score (nSPS) is 16.5. The molecule has 0 saturated heterocycles. The van der Waals surface area contributed by atoms with E-state index in [0.717, 1.165) is 59.5 Å². The Balaban J connectivity index is 1.33. The van der Waals surface area contributed by atoms with Crippen LogP contribution in [0.1, 0.15) is 80.9 Å². The summed E-state index contributed by atoms with van der Waals surface area (Å²) in [6.45, 7) is 9.18. The van der Waals surface area contributed by atoms with Crippen LogP contribution in [0.25, 0.3) is 39.6 Å². The van der Waals surface area contributed by atoms with Crippen molar-refractivity contribution in [2.45, 2.75) is 64.7 Å². The van der Waals surface area contributed by atoms with Gasteiger partial charge in [0.25, 0.3) is 0 Å². The highest BCUT2D eigenvalue weighted by Gasteiger charge is 2.26. The van der Waals surface area contributed by atoms with Gasteiger partial charge >= 0.3 is 0 Å². The maximum atomic E-state index is 6.73. The van der Waals surface area contributed by atoms with E-state index in [-0.39, 0.29) is 5.41 Å². The van der Waals surface area contributed by atoms with Gasteiger partial charge in [0.2, 0.25) is 0 Å². The number of nitrogens with one attached hydrogen (secondary N) is 1. The van der Waals surface area contributed by atoms with Gasteiger partial charge in [-0.1, -0.05) is 137 Å². The van der Waals surface area contributed by atoms with E-state index in [1.165, 1.54) is 55.2 Å². The van der Waals surface area contributed by atoms with Crippen molar-refractivity contribution in [1.29, 1.82) is 0 Å². The zero-order valence-electron chi connectivity index (χ0n) is 31.1. The molecule has 53 heavy (non-hydrogen) atoms. The summed E-state index contributed by atoms with van der Waals surface area (Å²) >= 11 is 0. The van der Waals surface area contributed by atoms with Crippen LogP contribution in [0, 0.1) is 0 Å². The molecule has 0 bridgehead atoms. The average Bonchev–Trinajstić information content (AvgIpc) is 3.52. The van der Waals surface area contributed by atoms with Gasteiger partial charge in [-0.25, -0.2) is 0 Å². The largest absolute Gasteiger partial charge is 0.459 e. The molecule has 1 unspecified atom stereocenters. The van der Waals surface area contributed by atoms with Crippen LogP contribution in [0.15, 0.2) is 150 Å². The first kappa shape index (κ1) is 33.1. The van der Waals surface area contributed by atoms with E-state index in [0.29, 0.717) is 5.92 Å².